The van der Waals surface area contributed by atoms with Crippen molar-refractivity contribution >= 4 is 45.0 Å². The maximum atomic E-state index is 12.3. The Morgan fingerprint density at radius 1 is 1.19 bits per heavy atom. The lowest BCUT2D eigenvalue weighted by Crippen LogP contribution is -2.23. The summed E-state index contributed by atoms with van der Waals surface area (Å²) < 4.78 is 25.8. The minimum Gasteiger partial charge on any atom is -0.325 e. The summed E-state index contributed by atoms with van der Waals surface area (Å²) in [6.45, 7) is 1.73. The number of hydrogen-bond acceptors (Lipinski definition) is 4. The molecule has 0 fully saturated rings. The van der Waals surface area contributed by atoms with E-state index in [1.807, 2.05) is 18.2 Å². The predicted molar refractivity (Wildman–Crippen MR) is 108 cm³/mol. The van der Waals surface area contributed by atoms with E-state index in [1.54, 1.807) is 25.1 Å². The summed E-state index contributed by atoms with van der Waals surface area (Å²) in [6.07, 6.45) is 0. The van der Waals surface area contributed by atoms with E-state index in [2.05, 4.69) is 5.32 Å². The van der Waals surface area contributed by atoms with Crippen molar-refractivity contribution in [3.8, 4) is 0 Å². The number of nitrogens with one attached hydrogen (secondary N) is 1. The Bertz CT molecular complexity index is 899. The first kappa shape index (κ1) is 20.8. The Balaban J connectivity index is 1.99. The smallest absolute Gasteiger partial charge is 0.242 e. The second-order valence-electron chi connectivity index (χ2n) is 5.94. The van der Waals surface area contributed by atoms with E-state index in [-0.39, 0.29) is 16.6 Å². The summed E-state index contributed by atoms with van der Waals surface area (Å²) >= 11 is 7.40. The third kappa shape index (κ3) is 5.48. The van der Waals surface area contributed by atoms with Crippen molar-refractivity contribution in [1.82, 2.24) is 4.31 Å². The number of thioether (sulfide) groups is 1. The van der Waals surface area contributed by atoms with Crippen molar-refractivity contribution in [3.63, 3.8) is 0 Å². The number of carbonyl (C=O) groups is 1. The molecule has 2 aromatic carbocycles. The molecule has 0 atom stereocenters. The minimum atomic E-state index is -3.56. The third-order valence-corrected chi connectivity index (χ3v) is 6.82. The standard InChI is InChI=1S/C18H21ClN2O3S2/c1-13-7-8-16(10-17(13)26(23,24)21(2)3)20-18(22)12-25-11-14-5-4-6-15(19)9-14/h4-10H,11-12H2,1-3H3,(H,20,22). The van der Waals surface area contributed by atoms with E-state index < -0.39 is 10.0 Å². The van der Waals surface area contributed by atoms with Gasteiger partial charge < -0.3 is 5.32 Å². The molecule has 0 saturated heterocycles. The first-order chi connectivity index (χ1) is 12.2. The number of anilines is 1. The van der Waals surface area contributed by atoms with Crippen LogP contribution in [0.15, 0.2) is 47.4 Å². The van der Waals surface area contributed by atoms with Crippen molar-refractivity contribution in [2.75, 3.05) is 25.2 Å². The molecule has 0 radical (unpaired) electrons. The highest BCUT2D eigenvalue weighted by Crippen LogP contribution is 2.23. The lowest BCUT2D eigenvalue weighted by Gasteiger charge is -2.15. The van der Waals surface area contributed by atoms with Crippen LogP contribution in [0.3, 0.4) is 0 Å². The van der Waals surface area contributed by atoms with Crippen LogP contribution >= 0.6 is 23.4 Å². The van der Waals surface area contributed by atoms with Gasteiger partial charge in [0.25, 0.3) is 0 Å². The van der Waals surface area contributed by atoms with Crippen LogP contribution in [-0.4, -0.2) is 38.5 Å². The van der Waals surface area contributed by atoms with Gasteiger partial charge in [0, 0.05) is 30.6 Å². The summed E-state index contributed by atoms with van der Waals surface area (Å²) in [7, 11) is -0.601. The number of nitrogens with zero attached hydrogens (tertiary/aromatic N) is 1. The molecule has 0 aliphatic heterocycles. The van der Waals surface area contributed by atoms with Crippen molar-refractivity contribution < 1.29 is 13.2 Å². The fourth-order valence-electron chi connectivity index (χ4n) is 2.24. The number of amides is 1. The van der Waals surface area contributed by atoms with Crippen LogP contribution in [0.2, 0.25) is 5.02 Å². The molecule has 0 spiro atoms. The molecule has 0 unspecified atom stereocenters. The largest absolute Gasteiger partial charge is 0.325 e. The Morgan fingerprint density at radius 3 is 2.58 bits per heavy atom. The van der Waals surface area contributed by atoms with Crippen molar-refractivity contribution in [2.24, 2.45) is 0 Å². The van der Waals surface area contributed by atoms with E-state index in [4.69, 9.17) is 11.6 Å². The molecule has 0 bridgehead atoms. The second-order valence-corrected chi connectivity index (χ2v) is 9.48. The zero-order chi connectivity index (χ0) is 19.3. The van der Waals surface area contributed by atoms with Crippen LogP contribution in [-0.2, 0) is 20.6 Å². The van der Waals surface area contributed by atoms with Crippen LogP contribution in [0.5, 0.6) is 0 Å². The van der Waals surface area contributed by atoms with Crippen LogP contribution < -0.4 is 5.32 Å². The van der Waals surface area contributed by atoms with E-state index in [1.165, 1.54) is 31.9 Å². The minimum absolute atomic E-state index is 0.186. The van der Waals surface area contributed by atoms with Gasteiger partial charge in [-0.2, -0.15) is 0 Å². The van der Waals surface area contributed by atoms with Gasteiger partial charge in [-0.05, 0) is 42.3 Å². The Labute approximate surface area is 163 Å². The zero-order valence-corrected chi connectivity index (χ0v) is 17.2. The van der Waals surface area contributed by atoms with Crippen LogP contribution in [0.1, 0.15) is 11.1 Å². The summed E-state index contributed by atoms with van der Waals surface area (Å²) in [6, 6.07) is 12.4. The first-order valence-corrected chi connectivity index (χ1v) is 10.8. The highest BCUT2D eigenvalue weighted by atomic mass is 35.5. The lowest BCUT2D eigenvalue weighted by molar-refractivity contribution is -0.113. The molecule has 2 rings (SSSR count). The number of carbonyl (C=O) groups excluding carboxylic acids is 1. The Hall–Kier alpha value is -1.54. The van der Waals surface area contributed by atoms with Gasteiger partial charge in [0.05, 0.1) is 10.6 Å². The average molecular weight is 413 g/mol. The molecule has 0 aromatic heterocycles. The number of benzene rings is 2. The van der Waals surface area contributed by atoms with Crippen LogP contribution in [0.4, 0.5) is 5.69 Å². The molecule has 8 heteroatoms. The maximum absolute atomic E-state index is 12.3. The SMILES string of the molecule is Cc1ccc(NC(=O)CSCc2cccc(Cl)c2)cc1S(=O)(=O)N(C)C. The van der Waals surface area contributed by atoms with Gasteiger partial charge in [0.2, 0.25) is 15.9 Å². The van der Waals surface area contributed by atoms with E-state index in [0.29, 0.717) is 22.0 Å². The molecule has 26 heavy (non-hydrogen) atoms. The van der Waals surface area contributed by atoms with E-state index in [0.717, 1.165) is 9.87 Å². The van der Waals surface area contributed by atoms with Crippen molar-refractivity contribution in [3.05, 3.63) is 58.6 Å². The highest BCUT2D eigenvalue weighted by molar-refractivity contribution is 7.99. The predicted octanol–water partition coefficient (Wildman–Crippen LogP) is 3.77. The lowest BCUT2D eigenvalue weighted by atomic mass is 10.2. The fraction of sp³-hybridized carbons (Fsp3) is 0.278. The molecule has 5 nitrogen and oxygen atoms in total. The molecule has 1 N–H and O–H groups in total. The summed E-state index contributed by atoms with van der Waals surface area (Å²) in [5, 5.41) is 3.42. The molecule has 1 amide bonds. The number of aryl methyl sites for hydroxylation is 1. The number of rotatable bonds is 7. The van der Waals surface area contributed by atoms with Crippen molar-refractivity contribution in [1.29, 1.82) is 0 Å². The monoisotopic (exact) mass is 412 g/mol. The second kappa shape index (κ2) is 8.90. The Morgan fingerprint density at radius 2 is 1.92 bits per heavy atom. The highest BCUT2D eigenvalue weighted by Gasteiger charge is 2.20. The molecule has 140 valence electrons. The number of hydrogen-bond donors (Lipinski definition) is 1. The van der Waals surface area contributed by atoms with Gasteiger partial charge in [-0.15, -0.1) is 11.8 Å². The summed E-state index contributed by atoms with van der Waals surface area (Å²) in [5.41, 5.74) is 2.14. The van der Waals surface area contributed by atoms with Gasteiger partial charge >= 0.3 is 0 Å². The van der Waals surface area contributed by atoms with Gasteiger partial charge in [0.1, 0.15) is 0 Å². The third-order valence-electron chi connectivity index (χ3n) is 3.62. The molecule has 0 saturated carbocycles. The summed E-state index contributed by atoms with van der Waals surface area (Å²) in [4.78, 5) is 12.3. The van der Waals surface area contributed by atoms with Crippen LogP contribution in [0, 0.1) is 6.92 Å². The molecular weight excluding hydrogens is 392 g/mol. The molecule has 2 aromatic rings. The summed E-state index contributed by atoms with van der Waals surface area (Å²) in [5.74, 6) is 0.743. The topological polar surface area (TPSA) is 66.5 Å². The van der Waals surface area contributed by atoms with Crippen LogP contribution in [0.25, 0.3) is 0 Å². The average Bonchev–Trinajstić information content (AvgIpc) is 2.56. The normalized spacial score (nSPS) is 11.6. The Kier molecular flexibility index (Phi) is 7.11. The van der Waals surface area contributed by atoms with Gasteiger partial charge in [-0.3, -0.25) is 4.79 Å². The zero-order valence-electron chi connectivity index (χ0n) is 14.8. The molecule has 0 aliphatic carbocycles. The molecular formula is C18H21ClN2O3S2. The van der Waals surface area contributed by atoms with Crippen molar-refractivity contribution in [2.45, 2.75) is 17.6 Å². The van der Waals surface area contributed by atoms with Gasteiger partial charge in [-0.25, -0.2) is 12.7 Å². The van der Waals surface area contributed by atoms with Gasteiger partial charge in [-0.1, -0.05) is 29.8 Å². The quantitative estimate of drug-likeness (QED) is 0.751. The first-order valence-electron chi connectivity index (χ1n) is 7.85. The molecule has 0 aliphatic rings. The fourth-order valence-corrected chi connectivity index (χ4v) is 4.37. The van der Waals surface area contributed by atoms with E-state index in [9.17, 15) is 13.2 Å². The number of sulfonamides is 1. The van der Waals surface area contributed by atoms with Gasteiger partial charge in [0.15, 0.2) is 0 Å². The van der Waals surface area contributed by atoms with E-state index >= 15 is 0 Å². The molecule has 0 heterocycles. The number of halogens is 1. The maximum Gasteiger partial charge on any atom is 0.242 e.